The first-order valence-corrected chi connectivity index (χ1v) is 10.6. The maximum atomic E-state index is 12.9. The second-order valence-corrected chi connectivity index (χ2v) is 7.50. The van der Waals surface area contributed by atoms with Crippen LogP contribution >= 0.6 is 0 Å². The third-order valence-corrected chi connectivity index (χ3v) is 5.17. The average molecular weight is 478 g/mol. The highest BCUT2D eigenvalue weighted by atomic mass is 16.6. The summed E-state index contributed by atoms with van der Waals surface area (Å²) in [6.45, 7) is 0.506. The Morgan fingerprint density at radius 2 is 1.97 bits per heavy atom. The molecule has 0 aliphatic carbocycles. The predicted octanol–water partition coefficient (Wildman–Crippen LogP) is 1.75. The molecule has 0 saturated heterocycles. The summed E-state index contributed by atoms with van der Waals surface area (Å²) in [4.78, 5) is 39.8. The van der Waals surface area contributed by atoms with Crippen molar-refractivity contribution in [1.82, 2.24) is 24.6 Å². The highest BCUT2D eigenvalue weighted by molar-refractivity contribution is 5.77. The summed E-state index contributed by atoms with van der Waals surface area (Å²) in [6, 6.07) is 13.1. The maximum absolute atomic E-state index is 12.9. The Balaban J connectivity index is 1.36. The van der Waals surface area contributed by atoms with Crippen molar-refractivity contribution in [3.05, 3.63) is 87.1 Å². The van der Waals surface area contributed by atoms with Gasteiger partial charge in [-0.15, -0.1) is 0 Å². The monoisotopic (exact) mass is 478 g/mol. The molecule has 180 valence electrons. The van der Waals surface area contributed by atoms with E-state index >= 15 is 0 Å². The summed E-state index contributed by atoms with van der Waals surface area (Å²) in [7, 11) is 1.52. The van der Waals surface area contributed by atoms with Crippen LogP contribution in [-0.4, -0.2) is 50.4 Å². The van der Waals surface area contributed by atoms with Gasteiger partial charge in [-0.2, -0.15) is 5.10 Å². The number of amides is 1. The molecule has 4 aromatic rings. The molecule has 35 heavy (non-hydrogen) atoms. The first kappa shape index (κ1) is 23.4. The Labute approximate surface area is 198 Å². The van der Waals surface area contributed by atoms with Crippen LogP contribution in [0.1, 0.15) is 5.56 Å². The molecule has 0 unspecified atom stereocenters. The number of aromatic nitrogens is 4. The number of non-ortho nitro benzene ring substituents is 1. The molecule has 1 amide bonds. The molecule has 1 N–H and O–H groups in total. The Morgan fingerprint density at radius 1 is 1.17 bits per heavy atom. The van der Waals surface area contributed by atoms with Crippen molar-refractivity contribution in [3.63, 3.8) is 0 Å². The number of ether oxygens (including phenoxy) is 2. The number of hydrogen-bond acceptors (Lipinski definition) is 8. The zero-order valence-electron chi connectivity index (χ0n) is 18.8. The molecule has 12 heteroatoms. The number of carbonyl (C=O) groups excluding carboxylic acids is 1. The van der Waals surface area contributed by atoms with Crippen LogP contribution in [0.25, 0.3) is 11.0 Å². The summed E-state index contributed by atoms with van der Waals surface area (Å²) in [5, 5.41) is 18.2. The molecule has 0 bridgehead atoms. The van der Waals surface area contributed by atoms with Gasteiger partial charge < -0.3 is 14.8 Å². The molecule has 0 aliphatic rings. The van der Waals surface area contributed by atoms with Crippen LogP contribution in [0.2, 0.25) is 0 Å². The van der Waals surface area contributed by atoms with Gasteiger partial charge in [-0.1, -0.05) is 24.3 Å². The molecule has 0 spiro atoms. The lowest BCUT2D eigenvalue weighted by Gasteiger charge is -2.10. The number of benzene rings is 2. The van der Waals surface area contributed by atoms with E-state index in [4.69, 9.17) is 9.47 Å². The Hall–Kier alpha value is -4.74. The van der Waals surface area contributed by atoms with Gasteiger partial charge in [0.05, 0.1) is 31.3 Å². The van der Waals surface area contributed by atoms with Crippen molar-refractivity contribution in [3.8, 4) is 11.5 Å². The molecule has 4 rings (SSSR count). The number of nitrogens with one attached hydrogen (secondary N) is 1. The summed E-state index contributed by atoms with van der Waals surface area (Å²) < 4.78 is 13.6. The van der Waals surface area contributed by atoms with Crippen molar-refractivity contribution in [2.45, 2.75) is 13.1 Å². The molecule has 0 fully saturated rings. The van der Waals surface area contributed by atoms with Crippen LogP contribution in [-0.2, 0) is 17.9 Å². The highest BCUT2D eigenvalue weighted by Gasteiger charge is 2.13. The lowest BCUT2D eigenvalue weighted by Crippen LogP contribution is -2.32. The number of nitrogens with zero attached hydrogens (tertiary/aromatic N) is 5. The van der Waals surface area contributed by atoms with E-state index in [1.54, 1.807) is 36.4 Å². The molecule has 0 atom stereocenters. The smallest absolute Gasteiger partial charge is 0.269 e. The number of rotatable bonds is 10. The average Bonchev–Trinajstić information content (AvgIpc) is 3.28. The summed E-state index contributed by atoms with van der Waals surface area (Å²) >= 11 is 0. The van der Waals surface area contributed by atoms with E-state index in [9.17, 15) is 19.7 Å². The molecular formula is C23H22N6O6. The number of fused-ring (bicyclic) bond motifs is 1. The van der Waals surface area contributed by atoms with E-state index in [0.29, 0.717) is 34.6 Å². The number of hydrogen-bond donors (Lipinski definition) is 1. The van der Waals surface area contributed by atoms with Gasteiger partial charge in [-0.3, -0.25) is 24.3 Å². The van der Waals surface area contributed by atoms with E-state index in [2.05, 4.69) is 15.4 Å². The standard InChI is InChI=1S/C23H22N6O6/c1-34-19-7-2-3-8-20(19)35-14-21(30)24-9-10-28-22-18(12-26-28)23(31)27(15-25-22)13-16-5-4-6-17(11-16)29(32)33/h2-8,11-12,15H,9-10,13-14H2,1H3,(H,24,30). The molecule has 0 aliphatic heterocycles. The van der Waals surface area contributed by atoms with Gasteiger partial charge in [0, 0.05) is 18.7 Å². The number of nitro benzene ring substituents is 1. The number of nitro groups is 1. The van der Waals surface area contributed by atoms with Gasteiger partial charge in [-0.05, 0) is 17.7 Å². The van der Waals surface area contributed by atoms with Gasteiger partial charge in [0.15, 0.2) is 23.8 Å². The van der Waals surface area contributed by atoms with E-state index in [-0.39, 0.29) is 36.9 Å². The fraction of sp³-hybridized carbons (Fsp3) is 0.217. The van der Waals surface area contributed by atoms with Crippen LogP contribution in [0.15, 0.2) is 65.8 Å². The lowest BCUT2D eigenvalue weighted by atomic mass is 10.2. The molecule has 2 heterocycles. The van der Waals surface area contributed by atoms with E-state index in [1.165, 1.54) is 41.0 Å². The van der Waals surface area contributed by atoms with Crippen molar-refractivity contribution in [1.29, 1.82) is 0 Å². The van der Waals surface area contributed by atoms with Crippen molar-refractivity contribution in [2.75, 3.05) is 20.3 Å². The highest BCUT2D eigenvalue weighted by Crippen LogP contribution is 2.25. The number of para-hydroxylation sites is 2. The quantitative estimate of drug-likeness (QED) is 0.268. The lowest BCUT2D eigenvalue weighted by molar-refractivity contribution is -0.384. The molecule has 2 aromatic carbocycles. The van der Waals surface area contributed by atoms with Gasteiger partial charge in [0.25, 0.3) is 17.2 Å². The van der Waals surface area contributed by atoms with E-state index in [1.807, 2.05) is 0 Å². The van der Waals surface area contributed by atoms with Crippen LogP contribution in [0.3, 0.4) is 0 Å². The minimum atomic E-state index is -0.485. The van der Waals surface area contributed by atoms with Crippen LogP contribution in [0, 0.1) is 10.1 Å². The first-order chi connectivity index (χ1) is 17.0. The Morgan fingerprint density at radius 3 is 2.74 bits per heavy atom. The molecule has 2 aromatic heterocycles. The fourth-order valence-electron chi connectivity index (χ4n) is 3.47. The van der Waals surface area contributed by atoms with Crippen LogP contribution < -0.4 is 20.3 Å². The van der Waals surface area contributed by atoms with E-state index < -0.39 is 4.92 Å². The zero-order valence-corrected chi connectivity index (χ0v) is 18.8. The van der Waals surface area contributed by atoms with Crippen molar-refractivity contribution in [2.24, 2.45) is 0 Å². The SMILES string of the molecule is COc1ccccc1OCC(=O)NCCn1ncc2c(=O)n(Cc3cccc([N+](=O)[O-])c3)cnc21. The Kier molecular flexibility index (Phi) is 7.00. The normalized spacial score (nSPS) is 10.8. The predicted molar refractivity (Wildman–Crippen MR) is 125 cm³/mol. The van der Waals surface area contributed by atoms with Gasteiger partial charge in [-0.25, -0.2) is 9.67 Å². The minimum absolute atomic E-state index is 0.0484. The third kappa shape index (κ3) is 5.43. The van der Waals surface area contributed by atoms with E-state index in [0.717, 1.165) is 0 Å². The van der Waals surface area contributed by atoms with Crippen molar-refractivity contribution >= 4 is 22.6 Å². The fourth-order valence-corrected chi connectivity index (χ4v) is 3.47. The number of carbonyl (C=O) groups is 1. The second kappa shape index (κ2) is 10.5. The van der Waals surface area contributed by atoms with Crippen LogP contribution in [0.4, 0.5) is 5.69 Å². The van der Waals surface area contributed by atoms with Gasteiger partial charge in [0.2, 0.25) is 0 Å². The first-order valence-electron chi connectivity index (χ1n) is 10.6. The topological polar surface area (TPSA) is 143 Å². The molecule has 12 nitrogen and oxygen atoms in total. The molecule has 0 saturated carbocycles. The summed E-state index contributed by atoms with van der Waals surface area (Å²) in [5.74, 6) is 0.680. The van der Waals surface area contributed by atoms with Crippen molar-refractivity contribution < 1.29 is 19.2 Å². The number of methoxy groups -OCH3 is 1. The second-order valence-electron chi connectivity index (χ2n) is 7.50. The third-order valence-electron chi connectivity index (χ3n) is 5.17. The summed E-state index contributed by atoms with van der Waals surface area (Å²) in [5.41, 5.74) is 0.618. The molecule has 0 radical (unpaired) electrons. The minimum Gasteiger partial charge on any atom is -0.493 e. The largest absolute Gasteiger partial charge is 0.493 e. The summed E-state index contributed by atoms with van der Waals surface area (Å²) in [6.07, 6.45) is 2.79. The van der Waals surface area contributed by atoms with Gasteiger partial charge in [0.1, 0.15) is 11.7 Å². The van der Waals surface area contributed by atoms with Gasteiger partial charge >= 0.3 is 0 Å². The maximum Gasteiger partial charge on any atom is 0.269 e. The molecular weight excluding hydrogens is 456 g/mol. The zero-order chi connectivity index (χ0) is 24.8. The Bertz CT molecular complexity index is 1430. The van der Waals surface area contributed by atoms with Crippen LogP contribution in [0.5, 0.6) is 11.5 Å².